The number of H-pyrrole nitrogens is 1. The lowest BCUT2D eigenvalue weighted by Gasteiger charge is -2.27. The van der Waals surface area contributed by atoms with Gasteiger partial charge in [0.1, 0.15) is 11.2 Å². The zero-order valence-electron chi connectivity index (χ0n) is 15.2. The predicted octanol–water partition coefficient (Wildman–Crippen LogP) is 2.51. The lowest BCUT2D eigenvalue weighted by molar-refractivity contribution is 0.482. The normalized spacial score (nSPS) is 17.4. The van der Waals surface area contributed by atoms with Gasteiger partial charge in [0, 0.05) is 18.8 Å². The Hall–Kier alpha value is -2.43. The lowest BCUT2D eigenvalue weighted by atomic mass is 10.1. The van der Waals surface area contributed by atoms with Gasteiger partial charge >= 0.3 is 0 Å². The minimum Gasteiger partial charge on any atom is -0.382 e. The Morgan fingerprint density at radius 2 is 2.21 bits per heavy atom. The molecule has 1 atom stereocenters. The molecule has 3 aromatic rings. The van der Waals surface area contributed by atoms with Crippen LogP contribution in [0, 0.1) is 5.82 Å². The van der Waals surface area contributed by atoms with Gasteiger partial charge in [-0.2, -0.15) is 0 Å². The van der Waals surface area contributed by atoms with E-state index in [1.807, 2.05) is 17.3 Å². The van der Waals surface area contributed by atoms with E-state index < -0.39 is 14.5 Å². The van der Waals surface area contributed by atoms with Crippen LogP contribution < -0.4 is 5.73 Å². The van der Waals surface area contributed by atoms with Crippen LogP contribution in [0.3, 0.4) is 0 Å². The summed E-state index contributed by atoms with van der Waals surface area (Å²) in [4.78, 5) is 16.2. The molecule has 7 nitrogen and oxygen atoms in total. The number of nitrogens with one attached hydrogen (secondary N) is 1. The molecule has 0 saturated heterocycles. The highest BCUT2D eigenvalue weighted by Crippen LogP contribution is 2.28. The highest BCUT2D eigenvalue weighted by atomic mass is 32.8. The monoisotopic (exact) mass is 418 g/mol. The van der Waals surface area contributed by atoms with Crippen LogP contribution in [0.4, 0.5) is 10.2 Å². The Kier molecular flexibility index (Phi) is 4.86. The Balaban J connectivity index is 1.69. The number of nitrogen functional groups attached to an aromatic ring is 1. The molecule has 10 heteroatoms. The van der Waals surface area contributed by atoms with Crippen molar-refractivity contribution in [2.45, 2.75) is 13.3 Å². The van der Waals surface area contributed by atoms with Crippen LogP contribution in [0.15, 0.2) is 30.5 Å². The van der Waals surface area contributed by atoms with Crippen molar-refractivity contribution >= 4 is 42.3 Å². The van der Waals surface area contributed by atoms with E-state index in [9.17, 15) is 8.60 Å². The largest absolute Gasteiger partial charge is 0.382 e. The zero-order chi connectivity index (χ0) is 19.9. The number of aromatic nitrogens is 4. The van der Waals surface area contributed by atoms with Crippen molar-refractivity contribution in [1.82, 2.24) is 24.2 Å². The maximum absolute atomic E-state index is 14.0. The number of hydrogen-bond donors (Lipinski definition) is 2. The number of nitrogens with two attached hydrogens (primary N) is 1. The van der Waals surface area contributed by atoms with E-state index in [4.69, 9.17) is 16.9 Å². The zero-order valence-corrected chi connectivity index (χ0v) is 16.8. The van der Waals surface area contributed by atoms with Gasteiger partial charge in [-0.25, -0.2) is 27.9 Å². The van der Waals surface area contributed by atoms with Crippen molar-refractivity contribution in [1.29, 1.82) is 0 Å². The van der Waals surface area contributed by atoms with Crippen molar-refractivity contribution in [2.75, 3.05) is 24.6 Å². The molecule has 0 fully saturated rings. The fraction of sp³-hybridized carbons (Fsp3) is 0.278. The summed E-state index contributed by atoms with van der Waals surface area (Å²) in [5.41, 5.74) is 8.81. The highest BCUT2D eigenvalue weighted by molar-refractivity contribution is 8.31. The van der Waals surface area contributed by atoms with Crippen molar-refractivity contribution in [2.24, 2.45) is 0 Å². The average Bonchev–Trinajstić information content (AvgIpc) is 3.14. The van der Waals surface area contributed by atoms with Crippen molar-refractivity contribution in [3.63, 3.8) is 0 Å². The van der Waals surface area contributed by atoms with Gasteiger partial charge in [-0.1, -0.05) is 19.1 Å². The lowest BCUT2D eigenvalue weighted by Crippen LogP contribution is -2.35. The van der Waals surface area contributed by atoms with E-state index in [1.165, 1.54) is 6.07 Å². The Morgan fingerprint density at radius 1 is 1.39 bits per heavy atom. The molecule has 0 bridgehead atoms. The molecule has 1 aromatic carbocycles. The van der Waals surface area contributed by atoms with Gasteiger partial charge in [0.2, 0.25) is 0 Å². The number of nitrogens with zero attached hydrogens (tertiary/aromatic N) is 4. The molecule has 146 valence electrons. The Labute approximate surface area is 166 Å². The summed E-state index contributed by atoms with van der Waals surface area (Å²) in [5, 5.41) is 0. The molecular weight excluding hydrogens is 399 g/mol. The Morgan fingerprint density at radius 3 is 2.89 bits per heavy atom. The molecule has 28 heavy (non-hydrogen) atoms. The van der Waals surface area contributed by atoms with Gasteiger partial charge in [0.15, 0.2) is 17.5 Å². The summed E-state index contributed by atoms with van der Waals surface area (Å²) in [5.74, 6) is 0.603. The summed E-state index contributed by atoms with van der Waals surface area (Å²) in [6.07, 6.45) is 4.22. The molecule has 3 N–H and O–H groups in total. The number of halogens is 1. The van der Waals surface area contributed by atoms with Crippen molar-refractivity contribution in [3.8, 4) is 11.5 Å². The fourth-order valence-corrected chi connectivity index (χ4v) is 4.60. The molecule has 0 radical (unpaired) electrons. The van der Waals surface area contributed by atoms with E-state index in [2.05, 4.69) is 19.9 Å². The van der Waals surface area contributed by atoms with Gasteiger partial charge in [0.25, 0.3) is 0 Å². The number of imidazole rings is 1. The van der Waals surface area contributed by atoms with E-state index in [1.54, 1.807) is 18.3 Å². The van der Waals surface area contributed by atoms with E-state index in [0.717, 1.165) is 5.57 Å². The van der Waals surface area contributed by atoms with Crippen LogP contribution in [0.5, 0.6) is 0 Å². The molecule has 0 saturated carbocycles. The maximum atomic E-state index is 14.0. The molecular formula is C18H19FN6OS2. The molecule has 4 rings (SSSR count). The molecule has 1 aliphatic rings. The van der Waals surface area contributed by atoms with E-state index >= 15 is 0 Å². The summed E-state index contributed by atoms with van der Waals surface area (Å²) < 4.78 is 28.1. The van der Waals surface area contributed by atoms with Crippen LogP contribution in [0.2, 0.25) is 0 Å². The summed E-state index contributed by atoms with van der Waals surface area (Å²) >= 11 is 5.20. The minimum absolute atomic E-state index is 0.209. The molecule has 1 unspecified atom stereocenters. The average molecular weight is 419 g/mol. The molecule has 2 aromatic heterocycles. The molecule has 0 spiro atoms. The standard InChI is InChI=1S/C18H19FN6OS2/c1-2-28(26,27)25-8-6-11(7-9-25)14-10-21-17(20)16(22-14)18-23-13-5-3-4-12(19)15(13)24-18/h3-6,10H,2,7-9H2,1H3,(H2,20,21)(H,23,24). The quantitative estimate of drug-likeness (QED) is 0.675. The third kappa shape index (κ3) is 3.38. The van der Waals surface area contributed by atoms with Crippen molar-refractivity contribution in [3.05, 3.63) is 42.0 Å². The van der Waals surface area contributed by atoms with E-state index in [-0.39, 0.29) is 11.3 Å². The van der Waals surface area contributed by atoms with Crippen LogP contribution in [-0.2, 0) is 19.9 Å². The van der Waals surface area contributed by atoms with E-state index in [0.29, 0.717) is 48.0 Å². The first kappa shape index (κ1) is 18.9. The minimum atomic E-state index is -2.39. The molecule has 1 aliphatic heterocycles. The topological polar surface area (TPSA) is 101 Å². The van der Waals surface area contributed by atoms with Gasteiger partial charge in [0.05, 0.1) is 26.1 Å². The second-order valence-electron chi connectivity index (χ2n) is 6.45. The highest BCUT2D eigenvalue weighted by Gasteiger charge is 2.22. The maximum Gasteiger partial charge on any atom is 0.161 e. The first-order valence-corrected chi connectivity index (χ1v) is 11.4. The van der Waals surface area contributed by atoms with Gasteiger partial charge in [-0.3, -0.25) is 0 Å². The van der Waals surface area contributed by atoms with Crippen LogP contribution in [0.25, 0.3) is 28.1 Å². The predicted molar refractivity (Wildman–Crippen MR) is 112 cm³/mol. The fourth-order valence-electron chi connectivity index (χ4n) is 3.16. The second kappa shape index (κ2) is 7.19. The third-order valence-corrected chi connectivity index (χ3v) is 7.94. The third-order valence-electron chi connectivity index (χ3n) is 4.75. The number of aromatic amines is 1. The van der Waals surface area contributed by atoms with Crippen LogP contribution >= 0.6 is 0 Å². The summed E-state index contributed by atoms with van der Waals surface area (Å²) in [6, 6.07) is 4.70. The number of anilines is 1. The molecule has 3 heterocycles. The number of para-hydroxylation sites is 1. The smallest absolute Gasteiger partial charge is 0.161 e. The van der Waals surface area contributed by atoms with Crippen LogP contribution in [-0.4, -0.2) is 47.3 Å². The number of benzene rings is 1. The number of hydrogen-bond acceptors (Lipinski definition) is 6. The number of rotatable bonds is 4. The van der Waals surface area contributed by atoms with Crippen LogP contribution in [0.1, 0.15) is 19.0 Å². The molecule has 0 amide bonds. The van der Waals surface area contributed by atoms with Gasteiger partial charge in [-0.15, -0.1) is 0 Å². The number of fused-ring (bicyclic) bond motifs is 1. The first-order chi connectivity index (χ1) is 13.4. The SMILES string of the molecule is CCS(=O)(=S)N1CC=C(c2cnc(N)c(-c3nc4c(F)cccc4[nH]3)n2)CC1. The second-order valence-corrected chi connectivity index (χ2v) is 10.3. The Bertz CT molecular complexity index is 1190. The van der Waals surface area contributed by atoms with Gasteiger partial charge in [-0.05, 0) is 35.3 Å². The van der Waals surface area contributed by atoms with Gasteiger partial charge < -0.3 is 10.7 Å². The summed E-state index contributed by atoms with van der Waals surface area (Å²) in [7, 11) is -2.39. The van der Waals surface area contributed by atoms with Crippen molar-refractivity contribution < 1.29 is 8.60 Å². The molecule has 0 aliphatic carbocycles. The summed E-state index contributed by atoms with van der Waals surface area (Å²) in [6.45, 7) is 2.93. The first-order valence-electron chi connectivity index (χ1n) is 8.83.